The fourth-order valence-electron chi connectivity index (χ4n) is 1.94. The van der Waals surface area contributed by atoms with Gasteiger partial charge in [-0.1, -0.05) is 11.6 Å². The summed E-state index contributed by atoms with van der Waals surface area (Å²) in [7, 11) is 0. The predicted molar refractivity (Wildman–Crippen MR) is 74.0 cm³/mol. The summed E-state index contributed by atoms with van der Waals surface area (Å²) >= 11 is 5.93. The second kappa shape index (κ2) is 6.85. The molecule has 2 aromatic rings. The SMILES string of the molecule is OCc1cc(F)cc(CO)c1OCc1cc(F)ccc1Cl. The van der Waals surface area contributed by atoms with Crippen molar-refractivity contribution in [3.8, 4) is 5.75 Å². The summed E-state index contributed by atoms with van der Waals surface area (Å²) in [5.74, 6) is -0.872. The van der Waals surface area contributed by atoms with Crippen LogP contribution in [0.1, 0.15) is 16.7 Å². The molecule has 0 aliphatic carbocycles. The monoisotopic (exact) mass is 314 g/mol. The molecule has 112 valence electrons. The summed E-state index contributed by atoms with van der Waals surface area (Å²) < 4.78 is 32.0. The number of halogens is 3. The standard InChI is InChI=1S/C15H13ClF2O3/c16-14-2-1-12(17)5-11(14)8-21-15-9(6-19)3-13(18)4-10(15)7-20/h1-5,19-20H,6-8H2. The van der Waals surface area contributed by atoms with Crippen LogP contribution in [0.3, 0.4) is 0 Å². The van der Waals surface area contributed by atoms with E-state index in [9.17, 15) is 19.0 Å². The minimum atomic E-state index is -0.584. The number of hydrogen-bond donors (Lipinski definition) is 2. The average molecular weight is 315 g/mol. The lowest BCUT2D eigenvalue weighted by atomic mass is 10.1. The first kappa shape index (κ1) is 15.7. The zero-order valence-electron chi connectivity index (χ0n) is 10.9. The van der Waals surface area contributed by atoms with Crippen LogP contribution in [0.2, 0.25) is 5.02 Å². The highest BCUT2D eigenvalue weighted by molar-refractivity contribution is 6.31. The lowest BCUT2D eigenvalue weighted by Crippen LogP contribution is -2.04. The summed E-state index contributed by atoms with van der Waals surface area (Å²) in [6, 6.07) is 6.08. The highest BCUT2D eigenvalue weighted by Gasteiger charge is 2.13. The van der Waals surface area contributed by atoms with Gasteiger partial charge in [0.15, 0.2) is 0 Å². The third kappa shape index (κ3) is 3.69. The van der Waals surface area contributed by atoms with E-state index < -0.39 is 24.8 Å². The maximum Gasteiger partial charge on any atom is 0.131 e. The highest BCUT2D eigenvalue weighted by Crippen LogP contribution is 2.28. The molecule has 2 N–H and O–H groups in total. The van der Waals surface area contributed by atoms with E-state index in [2.05, 4.69) is 0 Å². The Morgan fingerprint density at radius 2 is 1.48 bits per heavy atom. The van der Waals surface area contributed by atoms with Gasteiger partial charge >= 0.3 is 0 Å². The van der Waals surface area contributed by atoms with Crippen molar-refractivity contribution in [3.63, 3.8) is 0 Å². The smallest absolute Gasteiger partial charge is 0.131 e. The zero-order chi connectivity index (χ0) is 15.4. The van der Waals surface area contributed by atoms with Crippen LogP contribution >= 0.6 is 11.6 Å². The zero-order valence-corrected chi connectivity index (χ0v) is 11.7. The van der Waals surface area contributed by atoms with E-state index in [0.29, 0.717) is 10.6 Å². The first-order valence-corrected chi connectivity index (χ1v) is 6.52. The van der Waals surface area contributed by atoms with Gasteiger partial charge in [0.05, 0.1) is 13.2 Å². The van der Waals surface area contributed by atoms with Crippen LogP contribution in [0.4, 0.5) is 8.78 Å². The Bertz CT molecular complexity index is 622. The van der Waals surface area contributed by atoms with Crippen LogP contribution in [0.5, 0.6) is 5.75 Å². The molecule has 0 atom stereocenters. The van der Waals surface area contributed by atoms with Crippen LogP contribution < -0.4 is 4.74 Å². The first-order valence-electron chi connectivity index (χ1n) is 6.15. The van der Waals surface area contributed by atoms with E-state index in [4.69, 9.17) is 16.3 Å². The molecule has 2 aromatic carbocycles. The van der Waals surface area contributed by atoms with Crippen LogP contribution in [-0.2, 0) is 19.8 Å². The molecule has 21 heavy (non-hydrogen) atoms. The molecule has 0 fully saturated rings. The molecule has 0 aliphatic rings. The number of rotatable bonds is 5. The Morgan fingerprint density at radius 3 is 2.05 bits per heavy atom. The first-order chi connectivity index (χ1) is 10.0. The minimum Gasteiger partial charge on any atom is -0.488 e. The van der Waals surface area contributed by atoms with E-state index >= 15 is 0 Å². The molecule has 6 heteroatoms. The number of aliphatic hydroxyl groups is 2. The quantitative estimate of drug-likeness (QED) is 0.891. The Kier molecular flexibility index (Phi) is 5.12. The fourth-order valence-corrected chi connectivity index (χ4v) is 2.11. The summed E-state index contributed by atoms with van der Waals surface area (Å²) in [5.41, 5.74) is 0.812. The molecule has 3 nitrogen and oxygen atoms in total. The molecule has 0 amide bonds. The fraction of sp³-hybridized carbons (Fsp3) is 0.200. The Hall–Kier alpha value is -1.69. The number of ether oxygens (including phenoxy) is 1. The summed E-state index contributed by atoms with van der Waals surface area (Å²) in [6.45, 7) is -0.962. The summed E-state index contributed by atoms with van der Waals surface area (Å²) in [6.07, 6.45) is 0. The lowest BCUT2D eigenvalue weighted by molar-refractivity contribution is 0.241. The highest BCUT2D eigenvalue weighted by atomic mass is 35.5. The van der Waals surface area contributed by atoms with Crippen LogP contribution in [-0.4, -0.2) is 10.2 Å². The Balaban J connectivity index is 2.29. The van der Waals surface area contributed by atoms with E-state index in [0.717, 1.165) is 12.1 Å². The summed E-state index contributed by atoms with van der Waals surface area (Å²) in [4.78, 5) is 0. The Morgan fingerprint density at radius 1 is 0.905 bits per heavy atom. The third-order valence-electron chi connectivity index (χ3n) is 2.93. The van der Waals surface area contributed by atoms with E-state index in [-0.39, 0.29) is 23.5 Å². The van der Waals surface area contributed by atoms with E-state index in [1.807, 2.05) is 0 Å². The van der Waals surface area contributed by atoms with Gasteiger partial charge in [0.25, 0.3) is 0 Å². The van der Waals surface area contributed by atoms with Crippen molar-refractivity contribution >= 4 is 11.6 Å². The van der Waals surface area contributed by atoms with Gasteiger partial charge in [-0.2, -0.15) is 0 Å². The van der Waals surface area contributed by atoms with Gasteiger partial charge in [0.2, 0.25) is 0 Å². The van der Waals surface area contributed by atoms with Gasteiger partial charge < -0.3 is 14.9 Å². The molecular formula is C15H13ClF2O3. The molecule has 0 saturated heterocycles. The van der Waals surface area contributed by atoms with Gasteiger partial charge in [-0.05, 0) is 30.3 Å². The molecule has 0 aliphatic heterocycles. The van der Waals surface area contributed by atoms with Gasteiger partial charge in [-0.15, -0.1) is 0 Å². The van der Waals surface area contributed by atoms with Crippen molar-refractivity contribution in [2.24, 2.45) is 0 Å². The average Bonchev–Trinajstić information content (AvgIpc) is 2.48. The number of hydrogen-bond acceptors (Lipinski definition) is 3. The molecule has 0 bridgehead atoms. The van der Waals surface area contributed by atoms with Crippen LogP contribution in [0.25, 0.3) is 0 Å². The summed E-state index contributed by atoms with van der Waals surface area (Å²) in [5, 5.41) is 18.8. The maximum atomic E-state index is 13.3. The second-order valence-electron chi connectivity index (χ2n) is 4.39. The van der Waals surface area contributed by atoms with E-state index in [1.165, 1.54) is 18.2 Å². The molecule has 2 rings (SSSR count). The van der Waals surface area contributed by atoms with Crippen molar-refractivity contribution in [2.45, 2.75) is 19.8 Å². The van der Waals surface area contributed by atoms with Crippen LogP contribution in [0, 0.1) is 11.6 Å². The largest absolute Gasteiger partial charge is 0.488 e. The minimum absolute atomic E-state index is 0.0672. The lowest BCUT2D eigenvalue weighted by Gasteiger charge is -2.15. The number of benzene rings is 2. The maximum absolute atomic E-state index is 13.3. The number of aliphatic hydroxyl groups excluding tert-OH is 2. The molecule has 0 radical (unpaired) electrons. The molecule has 0 aromatic heterocycles. The van der Waals surface area contributed by atoms with Crippen molar-refractivity contribution in [1.82, 2.24) is 0 Å². The molecule has 0 unspecified atom stereocenters. The molecule has 0 saturated carbocycles. The van der Waals surface area contributed by atoms with Gasteiger partial charge in [-0.25, -0.2) is 8.78 Å². The van der Waals surface area contributed by atoms with E-state index in [1.54, 1.807) is 0 Å². The van der Waals surface area contributed by atoms with Crippen molar-refractivity contribution in [1.29, 1.82) is 0 Å². The van der Waals surface area contributed by atoms with Crippen molar-refractivity contribution in [2.75, 3.05) is 0 Å². The van der Waals surface area contributed by atoms with Crippen molar-refractivity contribution < 1.29 is 23.7 Å². The van der Waals surface area contributed by atoms with Gasteiger partial charge in [0, 0.05) is 21.7 Å². The van der Waals surface area contributed by atoms with Gasteiger partial charge in [0.1, 0.15) is 24.0 Å². The topological polar surface area (TPSA) is 49.7 Å². The normalized spacial score (nSPS) is 10.7. The molecule has 0 heterocycles. The molecular weight excluding hydrogens is 302 g/mol. The van der Waals surface area contributed by atoms with Gasteiger partial charge in [-0.3, -0.25) is 0 Å². The molecule has 0 spiro atoms. The van der Waals surface area contributed by atoms with Crippen molar-refractivity contribution in [3.05, 3.63) is 63.7 Å². The van der Waals surface area contributed by atoms with Crippen LogP contribution in [0.15, 0.2) is 30.3 Å². The predicted octanol–water partition coefficient (Wildman–Crippen LogP) is 3.18. The third-order valence-corrected chi connectivity index (χ3v) is 3.30. The Labute approximate surface area is 125 Å². The second-order valence-corrected chi connectivity index (χ2v) is 4.80.